The summed E-state index contributed by atoms with van der Waals surface area (Å²) in [5.74, 6) is 2.26. The third-order valence-electron chi connectivity index (χ3n) is 8.67. The van der Waals surface area contributed by atoms with Crippen molar-refractivity contribution < 1.29 is 22.6 Å². The van der Waals surface area contributed by atoms with Gasteiger partial charge in [0.05, 0.1) is 16.9 Å². The Morgan fingerprint density at radius 2 is 1.80 bits per heavy atom. The number of nitrogens with one attached hydrogen (secondary N) is 2. The van der Waals surface area contributed by atoms with E-state index in [1.165, 1.54) is 6.20 Å². The first-order valence-corrected chi connectivity index (χ1v) is 15.0. The molecule has 2 aromatic carbocycles. The van der Waals surface area contributed by atoms with E-state index >= 15 is 0 Å². The molecule has 14 heteroatoms. The van der Waals surface area contributed by atoms with Crippen molar-refractivity contribution in [2.75, 3.05) is 55.1 Å². The lowest BCUT2D eigenvalue weighted by molar-refractivity contribution is -0.115. The van der Waals surface area contributed by atoms with Crippen LogP contribution < -0.4 is 35.9 Å². The molecule has 0 saturated carbocycles. The van der Waals surface area contributed by atoms with E-state index in [-0.39, 0.29) is 24.6 Å². The average molecular weight is 635 g/mol. The zero-order valence-electron chi connectivity index (χ0n) is 24.4. The Bertz CT molecular complexity index is 1590. The number of hydrogen-bond acceptors (Lipinski definition) is 10. The fourth-order valence-corrected chi connectivity index (χ4v) is 6.72. The molecule has 0 bridgehead atoms. The third-order valence-corrected chi connectivity index (χ3v) is 8.95. The molecule has 2 saturated heterocycles. The molecular formula is C30H34ClF3N6O4. The summed E-state index contributed by atoms with van der Waals surface area (Å²) in [5.41, 5.74) is -1.07. The standard InChI is InChI=1S/C30H34ClF3N6O4/c1-17-13-40(29-22(31)10-20(11-35-29)37-25-24(26(41)27(25)42)36-15-30(32,33)34)18(2)12-39(17)21-6-8-38(9-7-21)14-19-4-3-5-23-28(19)44-16-43-23/h3-5,10-11,17-18,21,36-37H,6-9,12-16H2,1-2H3/t17-,18+/m1/s1. The van der Waals surface area contributed by atoms with E-state index in [1.54, 1.807) is 6.07 Å². The summed E-state index contributed by atoms with van der Waals surface area (Å²) >= 11 is 6.63. The maximum Gasteiger partial charge on any atom is 0.405 e. The lowest BCUT2D eigenvalue weighted by atomic mass is 9.97. The number of likely N-dealkylation sites (tertiary alicyclic amines) is 1. The molecule has 44 heavy (non-hydrogen) atoms. The number of ether oxygens (including phenoxy) is 2. The first-order chi connectivity index (χ1) is 21.0. The van der Waals surface area contributed by atoms with Crippen LogP contribution in [-0.2, 0) is 6.54 Å². The molecule has 1 aromatic heterocycles. The quantitative estimate of drug-likeness (QED) is 0.348. The van der Waals surface area contributed by atoms with Crippen molar-refractivity contribution in [2.45, 2.75) is 57.5 Å². The Hall–Kier alpha value is -3.55. The van der Waals surface area contributed by atoms with E-state index in [1.807, 2.05) is 17.4 Å². The van der Waals surface area contributed by atoms with Gasteiger partial charge in [0.1, 0.15) is 23.7 Å². The van der Waals surface area contributed by atoms with Gasteiger partial charge in [-0.15, -0.1) is 0 Å². The molecule has 2 fully saturated rings. The first-order valence-electron chi connectivity index (χ1n) is 14.7. The van der Waals surface area contributed by atoms with Gasteiger partial charge in [-0.2, -0.15) is 13.2 Å². The molecule has 236 valence electrons. The van der Waals surface area contributed by atoms with Gasteiger partial charge in [-0.25, -0.2) is 4.98 Å². The molecule has 0 amide bonds. The number of aromatic nitrogens is 1. The summed E-state index contributed by atoms with van der Waals surface area (Å²) in [6.45, 7) is 7.59. The maximum absolute atomic E-state index is 12.6. The number of para-hydroxylation sites is 1. The normalized spacial score (nSPS) is 21.6. The number of piperidine rings is 1. The summed E-state index contributed by atoms with van der Waals surface area (Å²) in [6.07, 6.45) is -0.934. The molecule has 3 aliphatic rings. The topological polar surface area (TPSA) is 99.3 Å². The molecule has 4 heterocycles. The van der Waals surface area contributed by atoms with Crippen molar-refractivity contribution in [1.82, 2.24) is 14.8 Å². The lowest BCUT2D eigenvalue weighted by Gasteiger charge is -2.49. The van der Waals surface area contributed by atoms with Crippen molar-refractivity contribution in [3.63, 3.8) is 0 Å². The van der Waals surface area contributed by atoms with E-state index < -0.39 is 29.3 Å². The van der Waals surface area contributed by atoms with Gasteiger partial charge >= 0.3 is 6.18 Å². The summed E-state index contributed by atoms with van der Waals surface area (Å²) in [7, 11) is 0. The number of pyridine rings is 1. The highest BCUT2D eigenvalue weighted by atomic mass is 35.5. The zero-order chi connectivity index (χ0) is 31.2. The number of benzene rings is 1. The van der Waals surface area contributed by atoms with Gasteiger partial charge in [0.25, 0.3) is 10.9 Å². The highest BCUT2D eigenvalue weighted by Crippen LogP contribution is 2.37. The summed E-state index contributed by atoms with van der Waals surface area (Å²) in [4.78, 5) is 35.6. The van der Waals surface area contributed by atoms with E-state index in [4.69, 9.17) is 21.1 Å². The summed E-state index contributed by atoms with van der Waals surface area (Å²) in [5, 5.41) is 5.03. The number of hydrogen-bond donors (Lipinski definition) is 2. The molecule has 10 nitrogen and oxygen atoms in total. The minimum absolute atomic E-state index is 0.129. The molecule has 0 radical (unpaired) electrons. The number of halogens is 4. The zero-order valence-corrected chi connectivity index (χ0v) is 25.2. The number of rotatable bonds is 8. The van der Waals surface area contributed by atoms with Gasteiger partial charge in [-0.1, -0.05) is 23.7 Å². The Balaban J connectivity index is 1.05. The van der Waals surface area contributed by atoms with E-state index in [2.05, 4.69) is 44.9 Å². The summed E-state index contributed by atoms with van der Waals surface area (Å²) < 4.78 is 49.0. The second-order valence-electron chi connectivity index (χ2n) is 11.7. The molecule has 0 aliphatic carbocycles. The average Bonchev–Trinajstić information content (AvgIpc) is 3.48. The Kier molecular flexibility index (Phi) is 8.38. The van der Waals surface area contributed by atoms with Crippen LogP contribution >= 0.6 is 11.6 Å². The van der Waals surface area contributed by atoms with Gasteiger partial charge in [0.2, 0.25) is 6.79 Å². The molecular weight excluding hydrogens is 601 g/mol. The van der Waals surface area contributed by atoms with Crippen molar-refractivity contribution in [3.8, 4) is 11.5 Å². The fourth-order valence-electron chi connectivity index (χ4n) is 6.45. The van der Waals surface area contributed by atoms with Gasteiger partial charge in [-0.3, -0.25) is 19.4 Å². The molecule has 2 atom stereocenters. The molecule has 3 aromatic rings. The lowest BCUT2D eigenvalue weighted by Crippen LogP contribution is -2.61. The van der Waals surface area contributed by atoms with E-state index in [0.29, 0.717) is 22.6 Å². The summed E-state index contributed by atoms with van der Waals surface area (Å²) in [6, 6.07) is 8.46. The Labute approximate surface area is 257 Å². The van der Waals surface area contributed by atoms with Gasteiger partial charge in [0.15, 0.2) is 11.5 Å². The molecule has 6 rings (SSSR count). The highest BCUT2D eigenvalue weighted by Gasteiger charge is 2.36. The minimum atomic E-state index is -4.53. The minimum Gasteiger partial charge on any atom is -0.454 e. The Morgan fingerprint density at radius 1 is 1.05 bits per heavy atom. The van der Waals surface area contributed by atoms with Crippen LogP contribution in [0.1, 0.15) is 32.3 Å². The van der Waals surface area contributed by atoms with Crippen LogP contribution in [0.25, 0.3) is 0 Å². The van der Waals surface area contributed by atoms with Crippen LogP contribution in [-0.4, -0.2) is 78.6 Å². The monoisotopic (exact) mass is 634 g/mol. The first kappa shape index (κ1) is 30.5. The smallest absolute Gasteiger partial charge is 0.405 e. The molecule has 2 N–H and O–H groups in total. The van der Waals surface area contributed by atoms with Crippen molar-refractivity contribution in [3.05, 3.63) is 61.5 Å². The molecule has 0 spiro atoms. The second kappa shape index (κ2) is 12.1. The predicted octanol–water partition coefficient (Wildman–Crippen LogP) is 4.34. The van der Waals surface area contributed by atoms with Crippen LogP contribution in [0.3, 0.4) is 0 Å². The molecule has 0 unspecified atom stereocenters. The van der Waals surface area contributed by atoms with Crippen LogP contribution in [0.5, 0.6) is 11.5 Å². The number of fused-ring (bicyclic) bond motifs is 1. The van der Waals surface area contributed by atoms with E-state index in [0.717, 1.165) is 62.6 Å². The number of nitrogens with zero attached hydrogens (tertiary/aromatic N) is 4. The van der Waals surface area contributed by atoms with Crippen molar-refractivity contribution in [2.24, 2.45) is 0 Å². The maximum atomic E-state index is 12.6. The number of alkyl halides is 3. The van der Waals surface area contributed by atoms with Crippen LogP contribution in [0.15, 0.2) is 40.1 Å². The van der Waals surface area contributed by atoms with Crippen LogP contribution in [0.4, 0.5) is 36.1 Å². The van der Waals surface area contributed by atoms with Gasteiger partial charge < -0.3 is 25.0 Å². The third kappa shape index (κ3) is 6.18. The van der Waals surface area contributed by atoms with Crippen LogP contribution in [0, 0.1) is 0 Å². The van der Waals surface area contributed by atoms with Gasteiger partial charge in [0, 0.05) is 43.3 Å². The van der Waals surface area contributed by atoms with Crippen LogP contribution in [0.2, 0.25) is 5.02 Å². The fraction of sp³-hybridized carbons (Fsp3) is 0.500. The number of anilines is 4. The van der Waals surface area contributed by atoms with Gasteiger partial charge in [-0.05, 0) is 51.9 Å². The predicted molar refractivity (Wildman–Crippen MR) is 162 cm³/mol. The SMILES string of the molecule is C[C@@H]1CN(c2ncc(Nc3c(NCC(F)(F)F)c(=O)c3=O)cc2Cl)[C@@H](C)CN1C1CCN(Cc2cccc3c2OCO3)CC1. The Morgan fingerprint density at radius 3 is 2.52 bits per heavy atom. The van der Waals surface area contributed by atoms with Crippen molar-refractivity contribution in [1.29, 1.82) is 0 Å². The largest absolute Gasteiger partial charge is 0.454 e. The van der Waals surface area contributed by atoms with E-state index in [9.17, 15) is 22.8 Å². The molecule has 3 aliphatic heterocycles. The van der Waals surface area contributed by atoms with Crippen molar-refractivity contribution >= 4 is 34.5 Å². The number of piperazine rings is 1. The highest BCUT2D eigenvalue weighted by molar-refractivity contribution is 6.33. The second-order valence-corrected chi connectivity index (χ2v) is 12.1.